The summed E-state index contributed by atoms with van der Waals surface area (Å²) >= 11 is 1.39. The monoisotopic (exact) mass is 405 g/mol. The smallest absolute Gasteiger partial charge is 0.237 e. The van der Waals surface area contributed by atoms with Crippen molar-refractivity contribution in [2.75, 3.05) is 11.1 Å². The Bertz CT molecular complexity index is 962. The highest BCUT2D eigenvalue weighted by atomic mass is 32.2. The first-order chi connectivity index (χ1) is 12.8. The van der Waals surface area contributed by atoms with Gasteiger partial charge < -0.3 is 10.6 Å². The summed E-state index contributed by atoms with van der Waals surface area (Å²) in [5.41, 5.74) is 1.19. The minimum Gasteiger partial charge on any atom is -0.350 e. The molecular weight excluding hydrogens is 386 g/mol. The number of nitrogens with zero attached hydrogens (tertiary/aromatic N) is 1. The number of fused-ring (bicyclic) bond motifs is 1. The molecule has 2 aromatic rings. The first kappa shape index (κ1) is 19.4. The van der Waals surface area contributed by atoms with Crippen LogP contribution in [-0.4, -0.2) is 36.2 Å². The van der Waals surface area contributed by atoms with Crippen molar-refractivity contribution in [3.8, 4) is 0 Å². The number of rotatable bonds is 6. The Hall–Kier alpha value is -2.39. The summed E-state index contributed by atoms with van der Waals surface area (Å²) in [5, 5.41) is 5.15. The molecule has 27 heavy (non-hydrogen) atoms. The molecule has 1 atom stereocenters. The van der Waals surface area contributed by atoms with Gasteiger partial charge in [0.2, 0.25) is 11.8 Å². The zero-order chi connectivity index (χ0) is 19.4. The van der Waals surface area contributed by atoms with Gasteiger partial charge in [-0.3, -0.25) is 14.6 Å². The van der Waals surface area contributed by atoms with E-state index < -0.39 is 9.84 Å². The lowest BCUT2D eigenvalue weighted by Gasteiger charge is -2.21. The second kappa shape index (κ2) is 8.10. The van der Waals surface area contributed by atoms with Crippen molar-refractivity contribution < 1.29 is 18.0 Å². The normalized spacial score (nSPS) is 16.3. The van der Waals surface area contributed by atoms with Gasteiger partial charge in [0, 0.05) is 17.5 Å². The van der Waals surface area contributed by atoms with Crippen LogP contribution in [0, 0.1) is 0 Å². The van der Waals surface area contributed by atoms with Crippen LogP contribution in [0.4, 0.5) is 5.69 Å². The molecule has 9 heteroatoms. The fourth-order valence-electron chi connectivity index (χ4n) is 2.51. The number of hydrogen-bond acceptors (Lipinski definition) is 6. The molecule has 2 heterocycles. The Morgan fingerprint density at radius 2 is 2.11 bits per heavy atom. The first-order valence-corrected chi connectivity index (χ1v) is 10.9. The number of pyridine rings is 1. The van der Waals surface area contributed by atoms with Gasteiger partial charge in [0.05, 0.1) is 33.8 Å². The van der Waals surface area contributed by atoms with E-state index in [2.05, 4.69) is 15.6 Å². The fourth-order valence-corrected chi connectivity index (χ4v) is 4.70. The number of thioether (sulfide) groups is 1. The molecule has 142 valence electrons. The van der Waals surface area contributed by atoms with Gasteiger partial charge in [-0.2, -0.15) is 0 Å². The van der Waals surface area contributed by atoms with E-state index in [9.17, 15) is 18.0 Å². The van der Waals surface area contributed by atoms with Crippen LogP contribution >= 0.6 is 11.8 Å². The number of amides is 2. The van der Waals surface area contributed by atoms with Gasteiger partial charge in [-0.05, 0) is 37.3 Å². The maximum Gasteiger partial charge on any atom is 0.237 e. The molecule has 0 saturated carbocycles. The quantitative estimate of drug-likeness (QED) is 0.762. The lowest BCUT2D eigenvalue weighted by molar-refractivity contribution is -0.121. The van der Waals surface area contributed by atoms with Crippen molar-refractivity contribution in [1.29, 1.82) is 0 Å². The van der Waals surface area contributed by atoms with Crippen LogP contribution in [0.5, 0.6) is 0 Å². The van der Waals surface area contributed by atoms with E-state index in [0.717, 1.165) is 4.90 Å². The van der Waals surface area contributed by atoms with Crippen molar-refractivity contribution in [3.05, 3.63) is 48.3 Å². The molecule has 0 bridgehead atoms. The lowest BCUT2D eigenvalue weighted by atomic mass is 10.3. The zero-order valence-electron chi connectivity index (χ0n) is 14.6. The molecule has 7 nitrogen and oxygen atoms in total. The minimum atomic E-state index is -3.64. The zero-order valence-corrected chi connectivity index (χ0v) is 16.3. The summed E-state index contributed by atoms with van der Waals surface area (Å²) < 4.78 is 25.1. The van der Waals surface area contributed by atoms with Crippen LogP contribution in [0.1, 0.15) is 19.0 Å². The summed E-state index contributed by atoms with van der Waals surface area (Å²) in [6.45, 7) is 2.04. The molecule has 2 amide bonds. The Morgan fingerprint density at radius 1 is 1.30 bits per heavy atom. The van der Waals surface area contributed by atoms with E-state index in [4.69, 9.17) is 0 Å². The highest BCUT2D eigenvalue weighted by Crippen LogP contribution is 2.36. The third kappa shape index (κ3) is 4.86. The largest absolute Gasteiger partial charge is 0.350 e. The molecule has 0 aliphatic carbocycles. The van der Waals surface area contributed by atoms with Crippen LogP contribution in [0.2, 0.25) is 0 Å². The predicted octanol–water partition coefficient (Wildman–Crippen LogP) is 1.99. The molecule has 0 fully saturated rings. The molecule has 1 aromatic heterocycles. The lowest BCUT2D eigenvalue weighted by Crippen LogP contribution is -2.27. The maximum atomic E-state index is 12.5. The topological polar surface area (TPSA) is 105 Å². The Morgan fingerprint density at radius 3 is 2.85 bits per heavy atom. The summed E-state index contributed by atoms with van der Waals surface area (Å²) in [5.74, 6) is -0.826. The highest BCUT2D eigenvalue weighted by Gasteiger charge is 2.25. The molecule has 1 aromatic carbocycles. The molecule has 1 aliphatic rings. The minimum absolute atomic E-state index is 0.0919. The Kier molecular flexibility index (Phi) is 5.81. The first-order valence-electron chi connectivity index (χ1n) is 8.36. The van der Waals surface area contributed by atoms with E-state index in [-0.39, 0.29) is 40.7 Å². The van der Waals surface area contributed by atoms with E-state index in [0.29, 0.717) is 11.4 Å². The van der Waals surface area contributed by atoms with E-state index in [1.54, 1.807) is 31.3 Å². The fraction of sp³-hybridized carbons (Fsp3) is 0.278. The van der Waals surface area contributed by atoms with Gasteiger partial charge in [-0.25, -0.2) is 8.42 Å². The summed E-state index contributed by atoms with van der Waals surface area (Å²) in [6, 6.07) is 10.0. The third-order valence-electron chi connectivity index (χ3n) is 4.03. The molecule has 0 radical (unpaired) electrons. The number of benzene rings is 1. The molecule has 0 unspecified atom stereocenters. The number of nitrogens with one attached hydrogen (secondary N) is 2. The summed E-state index contributed by atoms with van der Waals surface area (Å²) in [7, 11) is -3.64. The third-order valence-corrected chi connectivity index (χ3v) is 6.92. The maximum absolute atomic E-state index is 12.5. The molecule has 2 N–H and O–H groups in total. The van der Waals surface area contributed by atoms with Crippen LogP contribution in [0.3, 0.4) is 0 Å². The van der Waals surface area contributed by atoms with Crippen molar-refractivity contribution in [2.24, 2.45) is 0 Å². The van der Waals surface area contributed by atoms with Crippen LogP contribution < -0.4 is 10.6 Å². The van der Waals surface area contributed by atoms with Gasteiger partial charge in [0.1, 0.15) is 0 Å². The molecule has 0 spiro atoms. The molecule has 1 aliphatic heterocycles. The van der Waals surface area contributed by atoms with Gasteiger partial charge in [-0.1, -0.05) is 6.07 Å². The van der Waals surface area contributed by atoms with E-state index >= 15 is 0 Å². The summed E-state index contributed by atoms with van der Waals surface area (Å²) in [4.78, 5) is 28.7. The van der Waals surface area contributed by atoms with Gasteiger partial charge in [0.25, 0.3) is 0 Å². The number of carbonyl (C=O) groups is 2. The van der Waals surface area contributed by atoms with E-state index in [1.807, 2.05) is 6.07 Å². The van der Waals surface area contributed by atoms with Crippen LogP contribution in [-0.2, 0) is 26.0 Å². The van der Waals surface area contributed by atoms with Crippen LogP contribution in [0.15, 0.2) is 52.4 Å². The Balaban J connectivity index is 1.61. The summed E-state index contributed by atoms with van der Waals surface area (Å²) in [6.07, 6.45) is 1.48. The van der Waals surface area contributed by atoms with E-state index in [1.165, 1.54) is 23.9 Å². The van der Waals surface area contributed by atoms with Gasteiger partial charge >= 0.3 is 0 Å². The number of aromatic nitrogens is 1. The number of hydrogen-bond donors (Lipinski definition) is 2. The van der Waals surface area contributed by atoms with Crippen molar-refractivity contribution in [3.63, 3.8) is 0 Å². The van der Waals surface area contributed by atoms with Crippen molar-refractivity contribution in [1.82, 2.24) is 10.3 Å². The number of carbonyl (C=O) groups excluding carboxylic acids is 2. The Labute approximate surface area is 161 Å². The average molecular weight is 406 g/mol. The van der Waals surface area contributed by atoms with Crippen molar-refractivity contribution >= 4 is 39.1 Å². The standard InChI is InChI=1S/C18H19N3O4S2/c1-12-18(23)21-15-10-14(5-6-16(15)26-12)27(24,25)9-7-17(22)20-11-13-4-2-3-8-19-13/h2-6,8,10,12H,7,9,11H2,1H3,(H,20,22)(H,21,23)/t12-/m1/s1. The highest BCUT2D eigenvalue weighted by molar-refractivity contribution is 8.01. The second-order valence-electron chi connectivity index (χ2n) is 6.07. The molecule has 0 saturated heterocycles. The van der Waals surface area contributed by atoms with Gasteiger partial charge in [-0.15, -0.1) is 11.8 Å². The second-order valence-corrected chi connectivity index (χ2v) is 9.57. The number of sulfone groups is 1. The SMILES string of the molecule is C[C@H]1Sc2ccc(S(=O)(=O)CCC(=O)NCc3ccccn3)cc2NC1=O. The van der Waals surface area contributed by atoms with Crippen molar-refractivity contribution in [2.45, 2.75) is 34.9 Å². The van der Waals surface area contributed by atoms with Crippen LogP contribution in [0.25, 0.3) is 0 Å². The predicted molar refractivity (Wildman–Crippen MR) is 103 cm³/mol. The van der Waals surface area contributed by atoms with Gasteiger partial charge in [0.15, 0.2) is 9.84 Å². The molecule has 3 rings (SSSR count). The average Bonchev–Trinajstić information content (AvgIpc) is 2.66. The molecular formula is C18H19N3O4S2. The number of anilines is 1.